The number of hydrogen-bond acceptors (Lipinski definition) is 2. The first-order valence-corrected chi connectivity index (χ1v) is 8.70. The molecule has 2 aliphatic rings. The molecule has 0 bridgehead atoms. The minimum atomic E-state index is 0.268. The van der Waals surface area contributed by atoms with Gasteiger partial charge in [-0.25, -0.2) is 0 Å². The molecule has 0 aromatic heterocycles. The van der Waals surface area contributed by atoms with Crippen molar-refractivity contribution in [2.75, 3.05) is 13.1 Å². The Morgan fingerprint density at radius 2 is 2.10 bits per heavy atom. The summed E-state index contributed by atoms with van der Waals surface area (Å²) in [5.74, 6) is 0.846. The van der Waals surface area contributed by atoms with E-state index in [0.717, 1.165) is 30.6 Å². The van der Waals surface area contributed by atoms with Crippen LogP contribution in [0.25, 0.3) is 0 Å². The van der Waals surface area contributed by atoms with E-state index in [9.17, 15) is 0 Å². The molecule has 2 fully saturated rings. The summed E-state index contributed by atoms with van der Waals surface area (Å²) in [5.41, 5.74) is 1.45. The molecule has 2 nitrogen and oxygen atoms in total. The van der Waals surface area contributed by atoms with Crippen LogP contribution < -0.4 is 5.32 Å². The van der Waals surface area contributed by atoms with Gasteiger partial charge in [0, 0.05) is 41.3 Å². The summed E-state index contributed by atoms with van der Waals surface area (Å²) < 4.78 is 0. The molecule has 3 rings (SSSR count). The van der Waals surface area contributed by atoms with Gasteiger partial charge in [0.15, 0.2) is 0 Å². The van der Waals surface area contributed by atoms with Crippen molar-refractivity contribution >= 4 is 23.2 Å². The molecular formula is C17H24Cl2N2. The molecule has 0 radical (unpaired) electrons. The van der Waals surface area contributed by atoms with Crippen LogP contribution in [0.3, 0.4) is 0 Å². The monoisotopic (exact) mass is 326 g/mol. The highest BCUT2D eigenvalue weighted by molar-refractivity contribution is 6.35. The molecule has 21 heavy (non-hydrogen) atoms. The SMILES string of the molecule is CCC1CNC(C)(C2CC2)CN1Cc1ccc(Cl)cc1Cl. The molecule has 1 aromatic rings. The Morgan fingerprint density at radius 3 is 2.71 bits per heavy atom. The van der Waals surface area contributed by atoms with E-state index in [1.807, 2.05) is 12.1 Å². The highest BCUT2D eigenvalue weighted by Gasteiger charge is 2.45. The average Bonchev–Trinajstić information content (AvgIpc) is 3.27. The predicted molar refractivity (Wildman–Crippen MR) is 90.1 cm³/mol. The van der Waals surface area contributed by atoms with Crippen molar-refractivity contribution in [3.8, 4) is 0 Å². The summed E-state index contributed by atoms with van der Waals surface area (Å²) in [4.78, 5) is 2.60. The smallest absolute Gasteiger partial charge is 0.0465 e. The molecule has 1 aromatic carbocycles. The van der Waals surface area contributed by atoms with E-state index in [2.05, 4.69) is 30.1 Å². The van der Waals surface area contributed by atoms with Gasteiger partial charge in [-0.3, -0.25) is 4.90 Å². The van der Waals surface area contributed by atoms with Crippen LogP contribution in [0.4, 0.5) is 0 Å². The fraction of sp³-hybridized carbons (Fsp3) is 0.647. The van der Waals surface area contributed by atoms with Crippen LogP contribution in [0.15, 0.2) is 18.2 Å². The summed E-state index contributed by atoms with van der Waals surface area (Å²) >= 11 is 12.4. The lowest BCUT2D eigenvalue weighted by atomic mass is 9.90. The maximum atomic E-state index is 6.36. The standard InChI is InChI=1S/C17H24Cl2N2/c1-3-15-9-20-17(2,13-5-6-13)11-21(15)10-12-4-7-14(18)8-16(12)19/h4,7-8,13,15,20H,3,5-6,9-11H2,1-2H3. The Balaban J connectivity index is 1.76. The second-order valence-electron chi connectivity index (χ2n) is 6.78. The van der Waals surface area contributed by atoms with Gasteiger partial charge in [-0.05, 0) is 49.8 Å². The fourth-order valence-corrected chi connectivity index (χ4v) is 4.01. The molecule has 2 atom stereocenters. The summed E-state index contributed by atoms with van der Waals surface area (Å²) in [5, 5.41) is 5.29. The van der Waals surface area contributed by atoms with Crippen molar-refractivity contribution in [3.63, 3.8) is 0 Å². The van der Waals surface area contributed by atoms with E-state index in [0.29, 0.717) is 11.1 Å². The molecule has 1 N–H and O–H groups in total. The minimum absolute atomic E-state index is 0.268. The Hall–Kier alpha value is -0.280. The third-order valence-electron chi connectivity index (χ3n) is 5.13. The van der Waals surface area contributed by atoms with Gasteiger partial charge in [0.25, 0.3) is 0 Å². The Morgan fingerprint density at radius 1 is 1.33 bits per heavy atom. The molecule has 0 amide bonds. The van der Waals surface area contributed by atoms with E-state index in [-0.39, 0.29) is 5.54 Å². The van der Waals surface area contributed by atoms with Crippen LogP contribution in [0.1, 0.15) is 38.7 Å². The lowest BCUT2D eigenvalue weighted by Gasteiger charge is -2.46. The van der Waals surface area contributed by atoms with Crippen LogP contribution in [-0.4, -0.2) is 29.6 Å². The summed E-state index contributed by atoms with van der Waals surface area (Å²) in [6.07, 6.45) is 3.91. The van der Waals surface area contributed by atoms with Crippen molar-refractivity contribution in [1.82, 2.24) is 10.2 Å². The molecule has 1 aliphatic carbocycles. The summed E-state index contributed by atoms with van der Waals surface area (Å²) in [6, 6.07) is 6.44. The molecule has 1 aliphatic heterocycles. The largest absolute Gasteiger partial charge is 0.308 e. The molecule has 1 saturated carbocycles. The van der Waals surface area contributed by atoms with E-state index >= 15 is 0 Å². The number of nitrogens with zero attached hydrogens (tertiary/aromatic N) is 1. The molecule has 1 saturated heterocycles. The lowest BCUT2D eigenvalue weighted by molar-refractivity contribution is 0.0666. The third-order valence-corrected chi connectivity index (χ3v) is 5.71. The van der Waals surface area contributed by atoms with Gasteiger partial charge >= 0.3 is 0 Å². The second kappa shape index (κ2) is 6.08. The average molecular weight is 327 g/mol. The van der Waals surface area contributed by atoms with Gasteiger partial charge in [-0.1, -0.05) is 36.2 Å². The van der Waals surface area contributed by atoms with Gasteiger partial charge in [-0.2, -0.15) is 0 Å². The van der Waals surface area contributed by atoms with E-state index in [4.69, 9.17) is 23.2 Å². The van der Waals surface area contributed by atoms with E-state index in [1.165, 1.54) is 24.8 Å². The van der Waals surface area contributed by atoms with Crippen molar-refractivity contribution in [2.24, 2.45) is 5.92 Å². The number of nitrogens with one attached hydrogen (secondary N) is 1. The van der Waals surface area contributed by atoms with Crippen LogP contribution in [-0.2, 0) is 6.54 Å². The second-order valence-corrected chi connectivity index (χ2v) is 7.62. The summed E-state index contributed by atoms with van der Waals surface area (Å²) in [6.45, 7) is 7.75. The Labute approximate surface area is 137 Å². The highest BCUT2D eigenvalue weighted by Crippen LogP contribution is 2.41. The normalized spacial score (nSPS) is 30.6. The van der Waals surface area contributed by atoms with Gasteiger partial charge in [0.2, 0.25) is 0 Å². The lowest BCUT2D eigenvalue weighted by Crippen LogP contribution is -2.63. The summed E-state index contributed by atoms with van der Waals surface area (Å²) in [7, 11) is 0. The number of halogens is 2. The van der Waals surface area contributed by atoms with E-state index in [1.54, 1.807) is 0 Å². The van der Waals surface area contributed by atoms with Crippen molar-refractivity contribution < 1.29 is 0 Å². The van der Waals surface area contributed by atoms with E-state index < -0.39 is 0 Å². The minimum Gasteiger partial charge on any atom is -0.308 e. The van der Waals surface area contributed by atoms with Crippen molar-refractivity contribution in [1.29, 1.82) is 0 Å². The van der Waals surface area contributed by atoms with Gasteiger partial charge < -0.3 is 5.32 Å². The predicted octanol–water partition coefficient (Wildman–Crippen LogP) is 4.35. The first kappa shape index (κ1) is 15.6. The van der Waals surface area contributed by atoms with Gasteiger partial charge in [0.05, 0.1) is 0 Å². The van der Waals surface area contributed by atoms with Gasteiger partial charge in [-0.15, -0.1) is 0 Å². The fourth-order valence-electron chi connectivity index (χ4n) is 3.54. The highest BCUT2D eigenvalue weighted by atomic mass is 35.5. The van der Waals surface area contributed by atoms with Crippen LogP contribution >= 0.6 is 23.2 Å². The number of piperazine rings is 1. The molecule has 2 unspecified atom stereocenters. The molecule has 4 heteroatoms. The van der Waals surface area contributed by atoms with Crippen LogP contribution in [0, 0.1) is 5.92 Å². The molecule has 116 valence electrons. The maximum absolute atomic E-state index is 6.36. The molecular weight excluding hydrogens is 303 g/mol. The zero-order valence-corrected chi connectivity index (χ0v) is 14.3. The topological polar surface area (TPSA) is 15.3 Å². The third kappa shape index (κ3) is 3.39. The number of hydrogen-bond donors (Lipinski definition) is 1. The number of rotatable bonds is 4. The molecule has 1 heterocycles. The number of benzene rings is 1. The Bertz CT molecular complexity index is 516. The van der Waals surface area contributed by atoms with Gasteiger partial charge in [0.1, 0.15) is 0 Å². The zero-order valence-electron chi connectivity index (χ0n) is 12.8. The Kier molecular flexibility index (Phi) is 4.52. The zero-order chi connectivity index (χ0) is 15.0. The van der Waals surface area contributed by atoms with Crippen molar-refractivity contribution in [2.45, 2.75) is 51.2 Å². The first-order valence-electron chi connectivity index (χ1n) is 7.95. The van der Waals surface area contributed by atoms with Crippen LogP contribution in [0.5, 0.6) is 0 Å². The van der Waals surface area contributed by atoms with Crippen LogP contribution in [0.2, 0.25) is 10.0 Å². The molecule has 0 spiro atoms. The first-order chi connectivity index (χ1) is 10.0. The quantitative estimate of drug-likeness (QED) is 0.885. The maximum Gasteiger partial charge on any atom is 0.0465 e. The van der Waals surface area contributed by atoms with Crippen molar-refractivity contribution in [3.05, 3.63) is 33.8 Å².